The van der Waals surface area contributed by atoms with E-state index in [-0.39, 0.29) is 16.3 Å². The number of carbonyl (C=O) groups excluding carboxylic acids is 1. The second kappa shape index (κ2) is 7.36. The zero-order chi connectivity index (χ0) is 18.6. The van der Waals surface area contributed by atoms with Crippen molar-refractivity contribution in [3.8, 4) is 0 Å². The van der Waals surface area contributed by atoms with Crippen LogP contribution in [-0.4, -0.2) is 19.4 Å². The summed E-state index contributed by atoms with van der Waals surface area (Å²) in [5.74, 6) is -0.0132. The number of hydrogen-bond donors (Lipinski definition) is 2. The minimum absolute atomic E-state index is 0.00981. The maximum absolute atomic E-state index is 13.0. The van der Waals surface area contributed by atoms with E-state index in [0.717, 1.165) is 12.1 Å². The van der Waals surface area contributed by atoms with Gasteiger partial charge in [0.2, 0.25) is 9.84 Å². The molecule has 1 heterocycles. The smallest absolute Gasteiger partial charge is 0.319 e. The molecule has 0 aliphatic carbocycles. The summed E-state index contributed by atoms with van der Waals surface area (Å²) in [6.45, 7) is 0.170. The lowest BCUT2D eigenvalue weighted by atomic mass is 10.3. The molecule has 1 aromatic heterocycles. The number of sulfone groups is 1. The first-order valence-corrected chi connectivity index (χ1v) is 8.96. The van der Waals surface area contributed by atoms with Crippen LogP contribution in [0.5, 0.6) is 0 Å². The molecule has 0 radical (unpaired) electrons. The summed E-state index contributed by atoms with van der Waals surface area (Å²) in [6, 6.07) is 9.76. The van der Waals surface area contributed by atoms with Gasteiger partial charge >= 0.3 is 6.03 Å². The molecule has 26 heavy (non-hydrogen) atoms. The van der Waals surface area contributed by atoms with Gasteiger partial charge in [0.25, 0.3) is 0 Å². The first-order valence-electron chi connectivity index (χ1n) is 7.48. The maximum Gasteiger partial charge on any atom is 0.319 e. The van der Waals surface area contributed by atoms with Crippen LogP contribution in [0.4, 0.5) is 14.9 Å². The predicted octanol–water partition coefficient (Wildman–Crippen LogP) is 2.97. The lowest BCUT2D eigenvalue weighted by Crippen LogP contribution is -2.27. The molecular weight excluding hydrogens is 361 g/mol. The van der Waals surface area contributed by atoms with E-state index in [0.29, 0.717) is 11.4 Å². The third-order valence-corrected chi connectivity index (χ3v) is 5.24. The topological polar surface area (TPSA) is 101 Å². The molecule has 0 saturated heterocycles. The highest BCUT2D eigenvalue weighted by molar-refractivity contribution is 7.91. The van der Waals surface area contributed by atoms with Crippen molar-refractivity contribution < 1.29 is 22.0 Å². The molecular formula is C17H14FN3O4S. The van der Waals surface area contributed by atoms with Crippen molar-refractivity contribution in [3.05, 3.63) is 72.7 Å². The first kappa shape index (κ1) is 17.6. The summed E-state index contributed by atoms with van der Waals surface area (Å²) in [7, 11) is -3.76. The molecule has 2 aromatic carbocycles. The molecule has 0 atom stereocenters. The molecule has 0 bridgehead atoms. The van der Waals surface area contributed by atoms with Crippen LogP contribution >= 0.6 is 0 Å². The molecule has 0 fully saturated rings. The number of halogens is 1. The Balaban J connectivity index is 1.66. The third kappa shape index (κ3) is 4.06. The molecule has 0 aliphatic rings. The molecule has 0 spiro atoms. The van der Waals surface area contributed by atoms with Crippen LogP contribution in [0.25, 0.3) is 0 Å². The molecule has 3 aromatic rings. The van der Waals surface area contributed by atoms with Crippen molar-refractivity contribution in [3.63, 3.8) is 0 Å². The van der Waals surface area contributed by atoms with Gasteiger partial charge in [-0.25, -0.2) is 22.6 Å². The van der Waals surface area contributed by atoms with E-state index in [1.165, 1.54) is 49.0 Å². The normalized spacial score (nSPS) is 11.1. The Morgan fingerprint density at radius 2 is 1.65 bits per heavy atom. The average Bonchev–Trinajstić information content (AvgIpc) is 3.14. The van der Waals surface area contributed by atoms with Gasteiger partial charge in [-0.1, -0.05) is 0 Å². The Morgan fingerprint density at radius 1 is 1.04 bits per heavy atom. The highest BCUT2D eigenvalue weighted by Crippen LogP contribution is 2.22. The molecule has 3 rings (SSSR count). The number of carbonyl (C=O) groups is 1. The Morgan fingerprint density at radius 3 is 2.23 bits per heavy atom. The molecule has 134 valence electrons. The second-order valence-electron chi connectivity index (χ2n) is 5.26. The van der Waals surface area contributed by atoms with Gasteiger partial charge in [0.05, 0.1) is 22.5 Å². The summed E-state index contributed by atoms with van der Waals surface area (Å²) in [6.07, 6.45) is 2.74. The van der Waals surface area contributed by atoms with Crippen LogP contribution in [0.1, 0.15) is 5.76 Å². The molecule has 9 heteroatoms. The van der Waals surface area contributed by atoms with Gasteiger partial charge in [-0.05, 0) is 48.5 Å². The average molecular weight is 375 g/mol. The quantitative estimate of drug-likeness (QED) is 0.668. The maximum atomic E-state index is 13.0. The van der Waals surface area contributed by atoms with Gasteiger partial charge in [0, 0.05) is 5.69 Å². The van der Waals surface area contributed by atoms with Gasteiger partial charge in [0.15, 0.2) is 6.39 Å². The lowest BCUT2D eigenvalue weighted by molar-refractivity contribution is 0.251. The van der Waals surface area contributed by atoms with Crippen LogP contribution in [0.3, 0.4) is 0 Å². The van der Waals surface area contributed by atoms with Crippen LogP contribution in [0.15, 0.2) is 75.3 Å². The molecule has 2 N–H and O–H groups in total. The SMILES string of the molecule is O=C(NCc1cnco1)Nc1ccc(S(=O)(=O)c2ccc(F)cc2)cc1. The van der Waals surface area contributed by atoms with E-state index in [1.54, 1.807) is 0 Å². The zero-order valence-electron chi connectivity index (χ0n) is 13.3. The number of urea groups is 1. The summed E-state index contributed by atoms with van der Waals surface area (Å²) < 4.78 is 42.9. The molecule has 2 amide bonds. The highest BCUT2D eigenvalue weighted by atomic mass is 32.2. The number of benzene rings is 2. The molecule has 7 nitrogen and oxygen atoms in total. The Kier molecular flexibility index (Phi) is 4.99. The van der Waals surface area contributed by atoms with E-state index >= 15 is 0 Å². The summed E-state index contributed by atoms with van der Waals surface area (Å²) in [4.78, 5) is 15.6. The second-order valence-corrected chi connectivity index (χ2v) is 7.21. The number of nitrogens with zero attached hydrogens (tertiary/aromatic N) is 1. The lowest BCUT2D eigenvalue weighted by Gasteiger charge is -2.08. The van der Waals surface area contributed by atoms with Crippen molar-refractivity contribution in [2.75, 3.05) is 5.32 Å². The van der Waals surface area contributed by atoms with E-state index in [9.17, 15) is 17.6 Å². The predicted molar refractivity (Wildman–Crippen MR) is 90.7 cm³/mol. The molecule has 0 saturated carbocycles. The molecule has 0 unspecified atom stereocenters. The molecule has 0 aliphatic heterocycles. The number of hydrogen-bond acceptors (Lipinski definition) is 5. The van der Waals surface area contributed by atoms with Crippen molar-refractivity contribution in [1.29, 1.82) is 0 Å². The van der Waals surface area contributed by atoms with Gasteiger partial charge in [-0.3, -0.25) is 0 Å². The van der Waals surface area contributed by atoms with Gasteiger partial charge in [-0.2, -0.15) is 0 Å². The van der Waals surface area contributed by atoms with Crippen LogP contribution < -0.4 is 10.6 Å². The fourth-order valence-electron chi connectivity index (χ4n) is 2.14. The minimum atomic E-state index is -3.76. The first-order chi connectivity index (χ1) is 12.4. The van der Waals surface area contributed by atoms with E-state index < -0.39 is 21.7 Å². The number of nitrogens with one attached hydrogen (secondary N) is 2. The standard InChI is InChI=1S/C17H14FN3O4S/c18-12-1-5-15(6-2-12)26(23,24)16-7-3-13(4-8-16)21-17(22)20-10-14-9-19-11-25-14/h1-9,11H,10H2,(H2,20,21,22). The van der Waals surface area contributed by atoms with Crippen molar-refractivity contribution in [1.82, 2.24) is 10.3 Å². The number of rotatable bonds is 5. The number of oxazole rings is 1. The van der Waals surface area contributed by atoms with Gasteiger partial charge < -0.3 is 15.1 Å². The summed E-state index contributed by atoms with van der Waals surface area (Å²) >= 11 is 0. The number of amides is 2. The van der Waals surface area contributed by atoms with Crippen LogP contribution in [0, 0.1) is 5.82 Å². The monoisotopic (exact) mass is 375 g/mol. The van der Waals surface area contributed by atoms with Crippen LogP contribution in [-0.2, 0) is 16.4 Å². The van der Waals surface area contributed by atoms with Crippen LogP contribution in [0.2, 0.25) is 0 Å². The highest BCUT2D eigenvalue weighted by Gasteiger charge is 2.17. The van der Waals surface area contributed by atoms with E-state index in [1.807, 2.05) is 0 Å². The fraction of sp³-hybridized carbons (Fsp3) is 0.0588. The van der Waals surface area contributed by atoms with Gasteiger partial charge in [0.1, 0.15) is 11.6 Å². The number of anilines is 1. The van der Waals surface area contributed by atoms with Crippen molar-refractivity contribution in [2.24, 2.45) is 0 Å². The minimum Gasteiger partial charge on any atom is -0.447 e. The zero-order valence-corrected chi connectivity index (χ0v) is 14.2. The fourth-order valence-corrected chi connectivity index (χ4v) is 3.40. The van der Waals surface area contributed by atoms with Crippen molar-refractivity contribution >= 4 is 21.6 Å². The van der Waals surface area contributed by atoms with E-state index in [2.05, 4.69) is 15.6 Å². The third-order valence-electron chi connectivity index (χ3n) is 3.45. The Bertz CT molecular complexity index is 986. The van der Waals surface area contributed by atoms with Crippen molar-refractivity contribution in [2.45, 2.75) is 16.3 Å². The largest absolute Gasteiger partial charge is 0.447 e. The number of aromatic nitrogens is 1. The summed E-state index contributed by atoms with van der Waals surface area (Å²) in [5.41, 5.74) is 0.415. The summed E-state index contributed by atoms with van der Waals surface area (Å²) in [5, 5.41) is 5.15. The Hall–Kier alpha value is -3.20. The van der Waals surface area contributed by atoms with E-state index in [4.69, 9.17) is 4.42 Å². The van der Waals surface area contributed by atoms with Gasteiger partial charge in [-0.15, -0.1) is 0 Å². The Labute approximate surface area is 148 Å².